The van der Waals surface area contributed by atoms with Crippen molar-refractivity contribution in [1.82, 2.24) is 19.6 Å². The van der Waals surface area contributed by atoms with E-state index in [1.807, 2.05) is 43.3 Å². The van der Waals surface area contributed by atoms with Crippen molar-refractivity contribution in [2.75, 3.05) is 30.9 Å². The van der Waals surface area contributed by atoms with Crippen LogP contribution in [0.2, 0.25) is 0 Å². The van der Waals surface area contributed by atoms with Gasteiger partial charge in [0.25, 0.3) is 11.3 Å². The Bertz CT molecular complexity index is 974. The van der Waals surface area contributed by atoms with Crippen LogP contribution in [0, 0.1) is 0 Å². The molecule has 0 atom stereocenters. The number of rotatable bonds is 6. The Balaban J connectivity index is 1.78. The molecule has 0 amide bonds. The Labute approximate surface area is 149 Å². The fourth-order valence-corrected chi connectivity index (χ4v) is 2.38. The number of carbonyl (C=O) groups excluding carboxylic acids is 1. The third-order valence-electron chi connectivity index (χ3n) is 3.78. The molecule has 2 aromatic heterocycles. The number of nitrogens with zero attached hydrogens (tertiary/aromatic N) is 4. The van der Waals surface area contributed by atoms with E-state index in [9.17, 15) is 9.59 Å². The number of aromatic nitrogens is 4. The molecule has 9 heteroatoms. The van der Waals surface area contributed by atoms with Gasteiger partial charge in [0.1, 0.15) is 5.56 Å². The van der Waals surface area contributed by atoms with Crippen molar-refractivity contribution in [3.8, 4) is 0 Å². The van der Waals surface area contributed by atoms with E-state index in [2.05, 4.69) is 20.4 Å². The predicted molar refractivity (Wildman–Crippen MR) is 97.7 cm³/mol. The van der Waals surface area contributed by atoms with Crippen molar-refractivity contribution in [3.63, 3.8) is 0 Å². The van der Waals surface area contributed by atoms with Crippen molar-refractivity contribution in [1.29, 1.82) is 0 Å². The molecule has 0 bridgehead atoms. The van der Waals surface area contributed by atoms with Crippen molar-refractivity contribution in [2.24, 2.45) is 0 Å². The Hall–Kier alpha value is -3.36. The summed E-state index contributed by atoms with van der Waals surface area (Å²) in [6, 6.07) is 8.06. The summed E-state index contributed by atoms with van der Waals surface area (Å²) in [5.41, 5.74) is 1.48. The highest BCUT2D eigenvalue weighted by atomic mass is 16.5. The normalized spacial score (nSPS) is 10.7. The van der Waals surface area contributed by atoms with Crippen molar-refractivity contribution in [3.05, 3.63) is 51.9 Å². The van der Waals surface area contributed by atoms with E-state index < -0.39 is 11.5 Å². The minimum absolute atomic E-state index is 0.140. The number of hydrogen-bond acceptors (Lipinski definition) is 7. The van der Waals surface area contributed by atoms with Gasteiger partial charge in [0.05, 0.1) is 12.8 Å². The maximum absolute atomic E-state index is 12.4. The van der Waals surface area contributed by atoms with E-state index in [0.29, 0.717) is 12.5 Å². The van der Waals surface area contributed by atoms with Crippen LogP contribution in [0.4, 0.5) is 11.6 Å². The number of ether oxygens (including phenoxy) is 1. The van der Waals surface area contributed by atoms with Crippen molar-refractivity contribution in [2.45, 2.75) is 13.5 Å². The first-order valence-electron chi connectivity index (χ1n) is 8.14. The highest BCUT2D eigenvalue weighted by molar-refractivity contribution is 5.88. The molecule has 0 unspecified atom stereocenters. The minimum atomic E-state index is -0.704. The average molecular weight is 356 g/mol. The fourth-order valence-electron chi connectivity index (χ4n) is 2.38. The molecule has 0 saturated carbocycles. The monoisotopic (exact) mass is 356 g/mol. The molecule has 3 rings (SSSR count). The Morgan fingerprint density at radius 1 is 1.31 bits per heavy atom. The van der Waals surface area contributed by atoms with Gasteiger partial charge in [-0.2, -0.15) is 9.50 Å². The molecule has 0 aliphatic heterocycles. The summed E-state index contributed by atoms with van der Waals surface area (Å²) < 4.78 is 5.97. The number of nitrogens with one attached hydrogen (secondary N) is 2. The van der Waals surface area contributed by atoms with Gasteiger partial charge in [-0.25, -0.2) is 9.78 Å². The molecule has 0 saturated heterocycles. The van der Waals surface area contributed by atoms with Gasteiger partial charge in [-0.3, -0.25) is 9.89 Å². The molecule has 9 nitrogen and oxygen atoms in total. The zero-order valence-corrected chi connectivity index (χ0v) is 14.8. The van der Waals surface area contributed by atoms with Crippen LogP contribution < -0.4 is 15.8 Å². The molecule has 0 fully saturated rings. The van der Waals surface area contributed by atoms with Crippen LogP contribution in [-0.2, 0) is 11.3 Å². The lowest BCUT2D eigenvalue weighted by molar-refractivity contribution is 0.0523. The number of H-pyrrole nitrogens is 1. The lowest BCUT2D eigenvalue weighted by Gasteiger charge is -2.12. The van der Waals surface area contributed by atoms with Gasteiger partial charge >= 0.3 is 5.97 Å². The first kappa shape index (κ1) is 17.5. The summed E-state index contributed by atoms with van der Waals surface area (Å²) in [7, 11) is 3.97. The van der Waals surface area contributed by atoms with Gasteiger partial charge in [0.15, 0.2) is 0 Å². The van der Waals surface area contributed by atoms with Gasteiger partial charge in [0.2, 0.25) is 5.95 Å². The first-order chi connectivity index (χ1) is 12.5. The topological polar surface area (TPSA) is 105 Å². The lowest BCUT2D eigenvalue weighted by Crippen LogP contribution is -2.24. The van der Waals surface area contributed by atoms with Gasteiger partial charge in [-0.05, 0) is 24.6 Å². The minimum Gasteiger partial charge on any atom is -0.462 e. The van der Waals surface area contributed by atoms with E-state index >= 15 is 0 Å². The van der Waals surface area contributed by atoms with Crippen LogP contribution in [0.3, 0.4) is 0 Å². The molecule has 0 aliphatic rings. The smallest absolute Gasteiger partial charge is 0.345 e. The largest absolute Gasteiger partial charge is 0.462 e. The average Bonchev–Trinajstić information content (AvgIpc) is 3.05. The molecule has 2 heterocycles. The second-order valence-electron chi connectivity index (χ2n) is 5.82. The number of carbonyl (C=O) groups is 1. The highest BCUT2D eigenvalue weighted by Crippen LogP contribution is 2.13. The molecule has 0 aliphatic carbocycles. The van der Waals surface area contributed by atoms with E-state index in [1.165, 1.54) is 6.20 Å². The van der Waals surface area contributed by atoms with Crippen molar-refractivity contribution < 1.29 is 9.53 Å². The maximum atomic E-state index is 12.4. The summed E-state index contributed by atoms with van der Waals surface area (Å²) in [6.07, 6.45) is 1.18. The van der Waals surface area contributed by atoms with E-state index in [1.54, 1.807) is 6.92 Å². The Morgan fingerprint density at radius 3 is 2.69 bits per heavy atom. The Kier molecular flexibility index (Phi) is 4.87. The molecule has 0 spiro atoms. The molecule has 0 radical (unpaired) electrons. The number of esters is 1. The number of fused-ring (bicyclic) bond motifs is 1. The summed E-state index contributed by atoms with van der Waals surface area (Å²) in [5.74, 6) is -0.148. The quantitative estimate of drug-likeness (QED) is 0.641. The summed E-state index contributed by atoms with van der Waals surface area (Å²) in [6.45, 7) is 2.38. The van der Waals surface area contributed by atoms with Crippen LogP contribution in [-0.4, -0.2) is 46.3 Å². The fraction of sp³-hybridized carbons (Fsp3) is 0.294. The lowest BCUT2D eigenvalue weighted by atomic mass is 10.2. The molecule has 2 N–H and O–H groups in total. The second kappa shape index (κ2) is 7.26. The molecule has 136 valence electrons. The Morgan fingerprint density at radius 2 is 2.04 bits per heavy atom. The van der Waals surface area contributed by atoms with Gasteiger partial charge < -0.3 is 15.0 Å². The highest BCUT2D eigenvalue weighted by Gasteiger charge is 2.16. The summed E-state index contributed by atoms with van der Waals surface area (Å²) >= 11 is 0. The van der Waals surface area contributed by atoms with Crippen LogP contribution in [0.5, 0.6) is 0 Å². The molecule has 1 aromatic carbocycles. The van der Waals surface area contributed by atoms with Crippen LogP contribution >= 0.6 is 0 Å². The third-order valence-corrected chi connectivity index (χ3v) is 3.78. The zero-order chi connectivity index (χ0) is 18.7. The summed E-state index contributed by atoms with van der Waals surface area (Å²) in [4.78, 5) is 34.4. The number of aromatic amines is 1. The molecule has 26 heavy (non-hydrogen) atoms. The van der Waals surface area contributed by atoms with Crippen molar-refractivity contribution >= 4 is 23.4 Å². The number of hydrogen-bond donors (Lipinski definition) is 2. The number of anilines is 2. The first-order valence-corrected chi connectivity index (χ1v) is 8.14. The second-order valence-corrected chi connectivity index (χ2v) is 5.82. The number of benzene rings is 1. The molecule has 3 aromatic rings. The predicted octanol–water partition coefficient (Wildman–Crippen LogP) is 1.27. The SMILES string of the molecule is CCOC(=O)c1cnc2nc(NCc3ccc(N(C)C)cc3)[nH]n2c1=O. The van der Waals surface area contributed by atoms with E-state index in [4.69, 9.17) is 4.74 Å². The van der Waals surface area contributed by atoms with E-state index in [-0.39, 0.29) is 17.9 Å². The molecular weight excluding hydrogens is 336 g/mol. The van der Waals surface area contributed by atoms with Gasteiger partial charge in [0, 0.05) is 26.3 Å². The van der Waals surface area contributed by atoms with Gasteiger partial charge in [-0.15, -0.1) is 0 Å². The van der Waals surface area contributed by atoms with E-state index in [0.717, 1.165) is 15.8 Å². The zero-order valence-electron chi connectivity index (χ0n) is 14.8. The maximum Gasteiger partial charge on any atom is 0.345 e. The standard InChI is InChI=1S/C17H20N6O3/c1-4-26-15(25)13-10-19-17-20-16(21-23(17)14(13)24)18-9-11-5-7-12(8-6-11)22(2)3/h5-8,10H,4,9H2,1-3H3,(H2,18,19,20,21). The van der Waals surface area contributed by atoms with Gasteiger partial charge in [-0.1, -0.05) is 12.1 Å². The third kappa shape index (κ3) is 3.51. The molecular formula is C17H20N6O3. The van der Waals surface area contributed by atoms with Crippen LogP contribution in [0.15, 0.2) is 35.3 Å². The summed E-state index contributed by atoms with van der Waals surface area (Å²) in [5, 5.41) is 5.91. The van der Waals surface area contributed by atoms with Crippen LogP contribution in [0.1, 0.15) is 22.8 Å². The van der Waals surface area contributed by atoms with Crippen LogP contribution in [0.25, 0.3) is 5.78 Å².